The van der Waals surface area contributed by atoms with Crippen molar-refractivity contribution in [3.05, 3.63) is 11.6 Å². The fourth-order valence-electron chi connectivity index (χ4n) is 5.14. The molecule has 0 saturated heterocycles. The van der Waals surface area contributed by atoms with Gasteiger partial charge in [-0.15, -0.1) is 0 Å². The molecule has 3 aliphatic carbocycles. The quantitative estimate of drug-likeness (QED) is 0.257. The number of allylic oxidation sites excluding steroid dienone is 2. The third kappa shape index (κ3) is 1.80. The van der Waals surface area contributed by atoms with E-state index >= 15 is 0 Å². The second kappa shape index (κ2) is 4.83. The van der Waals surface area contributed by atoms with Gasteiger partial charge in [-0.2, -0.15) is 0 Å². The normalized spacial score (nSPS) is 48.6. The van der Waals surface area contributed by atoms with Gasteiger partial charge in [-0.05, 0) is 36.2 Å². The van der Waals surface area contributed by atoms with Crippen molar-refractivity contribution in [3.8, 4) is 0 Å². The first kappa shape index (κ1) is 16.5. The summed E-state index contributed by atoms with van der Waals surface area (Å²) in [6, 6.07) is 0. The summed E-state index contributed by atoms with van der Waals surface area (Å²) in [4.78, 5) is 0.503. The summed E-state index contributed by atoms with van der Waals surface area (Å²) < 4.78 is 0.0999. The fraction of sp³-hybridized carbons (Fsp3) is 0.875. The first-order chi connectivity index (χ1) is 9.14. The first-order valence-corrected chi connectivity index (χ1v) is 11.0. The number of alkyl halides is 4. The van der Waals surface area contributed by atoms with Gasteiger partial charge in [-0.1, -0.05) is 97.0 Å². The summed E-state index contributed by atoms with van der Waals surface area (Å²) in [5.74, 6) is 0.641. The fourth-order valence-corrected chi connectivity index (χ4v) is 9.57. The van der Waals surface area contributed by atoms with Crippen molar-refractivity contribution in [2.75, 3.05) is 5.33 Å². The minimum Gasteiger partial charge on any atom is -0.0880 e. The maximum Gasteiger partial charge on any atom is 0.0933 e. The second-order valence-electron chi connectivity index (χ2n) is 7.74. The number of hydrogen-bond acceptors (Lipinski definition) is 0. The number of halogens is 4. The zero-order chi connectivity index (χ0) is 15.0. The number of hydrogen-bond donors (Lipinski definition) is 0. The van der Waals surface area contributed by atoms with Crippen molar-refractivity contribution >= 4 is 63.7 Å². The van der Waals surface area contributed by atoms with E-state index in [-0.39, 0.29) is 3.23 Å². The van der Waals surface area contributed by atoms with Crippen LogP contribution in [0.4, 0.5) is 0 Å². The Morgan fingerprint density at radius 1 is 1.20 bits per heavy atom. The smallest absolute Gasteiger partial charge is 0.0880 e. The lowest BCUT2D eigenvalue weighted by molar-refractivity contribution is 0.131. The van der Waals surface area contributed by atoms with Crippen molar-refractivity contribution in [3.63, 3.8) is 0 Å². The van der Waals surface area contributed by atoms with Gasteiger partial charge in [-0.25, -0.2) is 0 Å². The van der Waals surface area contributed by atoms with Crippen molar-refractivity contribution in [2.45, 2.75) is 54.5 Å². The van der Waals surface area contributed by atoms with Crippen LogP contribution in [0, 0.1) is 22.2 Å². The molecule has 0 amide bonds. The van der Waals surface area contributed by atoms with Crippen LogP contribution in [-0.4, -0.2) is 13.4 Å². The molecule has 0 bridgehead atoms. The summed E-state index contributed by atoms with van der Waals surface area (Å²) in [5, 5.41) is 0.986. The van der Waals surface area contributed by atoms with Gasteiger partial charge in [0.1, 0.15) is 0 Å². The molecule has 20 heavy (non-hydrogen) atoms. The van der Waals surface area contributed by atoms with Crippen LogP contribution < -0.4 is 0 Å². The van der Waals surface area contributed by atoms with Gasteiger partial charge < -0.3 is 0 Å². The largest absolute Gasteiger partial charge is 0.0933 e. The van der Waals surface area contributed by atoms with Gasteiger partial charge in [0, 0.05) is 21.0 Å². The molecule has 0 aromatic carbocycles. The molecule has 0 radical (unpaired) electrons. The van der Waals surface area contributed by atoms with E-state index in [1.807, 2.05) is 0 Å². The second-order valence-corrected chi connectivity index (χ2v) is 12.9. The maximum absolute atomic E-state index is 4.08. The maximum atomic E-state index is 4.08. The molecule has 0 nitrogen and oxygen atoms in total. The molecule has 3 aliphatic rings. The summed E-state index contributed by atoms with van der Waals surface area (Å²) in [5.41, 5.74) is 2.60. The highest BCUT2D eigenvalue weighted by molar-refractivity contribution is 9.25. The molecule has 0 aromatic rings. The van der Waals surface area contributed by atoms with E-state index in [0.717, 1.165) is 5.33 Å². The van der Waals surface area contributed by atoms with E-state index in [0.29, 0.717) is 27.0 Å². The first-order valence-electron chi connectivity index (χ1n) is 7.42. The van der Waals surface area contributed by atoms with Crippen LogP contribution in [0.15, 0.2) is 11.6 Å². The monoisotopic (exact) mass is 530 g/mol. The third-order valence-electron chi connectivity index (χ3n) is 6.48. The Labute approximate surface area is 156 Å². The van der Waals surface area contributed by atoms with Crippen molar-refractivity contribution in [2.24, 2.45) is 22.2 Å². The minimum atomic E-state index is 0.0999. The highest BCUT2D eigenvalue weighted by Crippen LogP contribution is 2.89. The Bertz CT molecular complexity index is 467. The van der Waals surface area contributed by atoms with Crippen LogP contribution >= 0.6 is 63.7 Å². The number of rotatable bonds is 1. The van der Waals surface area contributed by atoms with Gasteiger partial charge in [0.05, 0.1) is 3.23 Å². The standard InChI is InChI=1S/C16H22Br4/c1-13(2)5-4-6-14(3)15(16(14,19)20)8-11(18)10(9-17)7-12(13)15/h7,11-12H,4-6,8-9H2,1-3H3/t11-,12+,14+,15-/m0/s1. The molecule has 0 N–H and O–H groups in total. The van der Waals surface area contributed by atoms with E-state index < -0.39 is 0 Å². The lowest BCUT2D eigenvalue weighted by Crippen LogP contribution is -2.39. The van der Waals surface area contributed by atoms with Crippen LogP contribution in [0.3, 0.4) is 0 Å². The highest BCUT2D eigenvalue weighted by Gasteiger charge is 2.86. The van der Waals surface area contributed by atoms with E-state index in [2.05, 4.69) is 90.6 Å². The van der Waals surface area contributed by atoms with E-state index in [1.54, 1.807) is 0 Å². The Hall–Kier alpha value is 1.66. The van der Waals surface area contributed by atoms with E-state index in [9.17, 15) is 0 Å². The molecule has 4 atom stereocenters. The van der Waals surface area contributed by atoms with Crippen molar-refractivity contribution in [1.29, 1.82) is 0 Å². The van der Waals surface area contributed by atoms with E-state index in [1.165, 1.54) is 31.3 Å². The van der Waals surface area contributed by atoms with Crippen LogP contribution in [-0.2, 0) is 0 Å². The average Bonchev–Trinajstić information content (AvgIpc) is 2.73. The van der Waals surface area contributed by atoms with Gasteiger partial charge in [0.15, 0.2) is 0 Å². The topological polar surface area (TPSA) is 0 Å². The molecule has 0 aromatic heterocycles. The summed E-state index contributed by atoms with van der Waals surface area (Å²) in [7, 11) is 0. The minimum absolute atomic E-state index is 0.0999. The Kier molecular flexibility index (Phi) is 3.99. The average molecular weight is 534 g/mol. The molecule has 2 saturated carbocycles. The van der Waals surface area contributed by atoms with Gasteiger partial charge >= 0.3 is 0 Å². The van der Waals surface area contributed by atoms with E-state index in [4.69, 9.17) is 0 Å². The van der Waals surface area contributed by atoms with Crippen molar-refractivity contribution < 1.29 is 0 Å². The summed E-state index contributed by atoms with van der Waals surface area (Å²) in [6.45, 7) is 7.42. The molecule has 0 aliphatic heterocycles. The SMILES string of the molecule is CC1(C)CCC[C@@]2(C)C(Br)(Br)[C@]23C[C@H](Br)C(CBr)=C[C@H]13. The zero-order valence-corrected chi connectivity index (χ0v) is 18.6. The molecular formula is C16H22Br4. The molecule has 4 heteroatoms. The van der Waals surface area contributed by atoms with Crippen molar-refractivity contribution in [1.82, 2.24) is 0 Å². The zero-order valence-electron chi connectivity index (χ0n) is 12.3. The predicted molar refractivity (Wildman–Crippen MR) is 101 cm³/mol. The van der Waals surface area contributed by atoms with Gasteiger partial charge in [0.2, 0.25) is 0 Å². The summed E-state index contributed by atoms with van der Waals surface area (Å²) >= 11 is 15.8. The van der Waals surface area contributed by atoms with Gasteiger partial charge in [-0.3, -0.25) is 0 Å². The molecule has 1 spiro atoms. The predicted octanol–water partition coefficient (Wildman–Crippen LogP) is 6.79. The summed E-state index contributed by atoms with van der Waals surface area (Å²) in [6.07, 6.45) is 7.81. The molecule has 0 heterocycles. The third-order valence-corrected chi connectivity index (χ3v) is 11.2. The van der Waals surface area contributed by atoms with Crippen LogP contribution in [0.2, 0.25) is 0 Å². The Morgan fingerprint density at radius 2 is 1.85 bits per heavy atom. The molecule has 2 fully saturated rings. The molecule has 0 unspecified atom stereocenters. The lowest BCUT2D eigenvalue weighted by Gasteiger charge is -2.44. The molecular weight excluding hydrogens is 512 g/mol. The Balaban J connectivity index is 2.16. The van der Waals surface area contributed by atoms with Crippen LogP contribution in [0.5, 0.6) is 0 Å². The van der Waals surface area contributed by atoms with Crippen LogP contribution in [0.1, 0.15) is 46.5 Å². The van der Waals surface area contributed by atoms with Crippen LogP contribution in [0.25, 0.3) is 0 Å². The molecule has 3 rings (SSSR count). The lowest BCUT2D eigenvalue weighted by atomic mass is 9.63. The molecule has 114 valence electrons. The van der Waals surface area contributed by atoms with Gasteiger partial charge in [0.25, 0.3) is 0 Å². The highest BCUT2D eigenvalue weighted by atomic mass is 79.9. The Morgan fingerprint density at radius 3 is 2.45 bits per heavy atom.